The summed E-state index contributed by atoms with van der Waals surface area (Å²) in [6.07, 6.45) is 24.8. The maximum Gasteiger partial charge on any atom is 0.169 e. The third kappa shape index (κ3) is 18.4. The van der Waals surface area contributed by atoms with Crippen LogP contribution in [0.15, 0.2) is 24.5 Å². The van der Waals surface area contributed by atoms with Gasteiger partial charge < -0.3 is 22.3 Å². The van der Waals surface area contributed by atoms with Crippen LogP contribution >= 0.6 is 12.6 Å². The fourth-order valence-electron chi connectivity index (χ4n) is 3.68. The van der Waals surface area contributed by atoms with Gasteiger partial charge in [-0.05, 0) is 62.9 Å². The first-order valence-electron chi connectivity index (χ1n) is 12.2. The summed E-state index contributed by atoms with van der Waals surface area (Å²) in [7, 11) is 0. The second-order valence-corrected chi connectivity index (χ2v) is 8.71. The third-order valence-corrected chi connectivity index (χ3v) is 5.85. The van der Waals surface area contributed by atoms with Crippen LogP contribution in [0.1, 0.15) is 102 Å². The van der Waals surface area contributed by atoms with E-state index in [1.807, 2.05) is 0 Å². The van der Waals surface area contributed by atoms with Gasteiger partial charge in [0.1, 0.15) is 6.54 Å². The highest BCUT2D eigenvalue weighted by molar-refractivity contribution is 7.80. The number of nitrogens with zero attached hydrogens (tertiary/aromatic N) is 1. The summed E-state index contributed by atoms with van der Waals surface area (Å²) in [6, 6.07) is 4.65. The first kappa shape index (κ1) is 28.9. The molecule has 0 aromatic carbocycles. The fraction of sp³-hybridized carbons (Fsp3) is 0.800. The summed E-state index contributed by atoms with van der Waals surface area (Å²) >= 11 is 4.27. The Morgan fingerprint density at radius 3 is 1.90 bits per heavy atom. The molecule has 0 bridgehead atoms. The molecule has 0 atom stereocenters. The normalized spacial score (nSPS) is 10.8. The number of hydrogen-bond donors (Lipinski definition) is 2. The summed E-state index contributed by atoms with van der Waals surface area (Å²) in [5.41, 5.74) is 1.50. The summed E-state index contributed by atoms with van der Waals surface area (Å²) in [5, 5.41) is 3.48. The number of aromatic nitrogens is 1. The smallest absolute Gasteiger partial charge is 0.169 e. The van der Waals surface area contributed by atoms with Crippen molar-refractivity contribution < 1.29 is 21.5 Å². The molecule has 0 saturated heterocycles. The molecule has 0 aliphatic rings. The van der Waals surface area contributed by atoms with Gasteiger partial charge in [-0.2, -0.15) is 12.6 Å². The van der Waals surface area contributed by atoms with Crippen molar-refractivity contribution in [2.75, 3.05) is 18.8 Å². The topological polar surface area (TPSA) is 15.9 Å². The highest BCUT2D eigenvalue weighted by Gasteiger charge is 2.02. The second kappa shape index (κ2) is 22.6. The van der Waals surface area contributed by atoms with Crippen molar-refractivity contribution in [1.29, 1.82) is 0 Å². The van der Waals surface area contributed by atoms with Crippen LogP contribution in [0.5, 0.6) is 0 Å². The van der Waals surface area contributed by atoms with Crippen LogP contribution in [-0.2, 0) is 13.0 Å². The van der Waals surface area contributed by atoms with E-state index in [1.54, 1.807) is 0 Å². The van der Waals surface area contributed by atoms with Crippen molar-refractivity contribution in [3.8, 4) is 0 Å². The molecular weight excluding hydrogens is 440 g/mol. The lowest BCUT2D eigenvalue weighted by Crippen LogP contribution is -3.00. The molecule has 0 radical (unpaired) electrons. The van der Waals surface area contributed by atoms with Gasteiger partial charge >= 0.3 is 0 Å². The lowest BCUT2D eigenvalue weighted by atomic mass is 10.1. The summed E-state index contributed by atoms with van der Waals surface area (Å²) in [5.74, 6) is 1.05. The Kier molecular flexibility index (Phi) is 22.6. The molecule has 1 N–H and O–H groups in total. The molecule has 0 aliphatic carbocycles. The molecular formula is C25H47BrN2S. The van der Waals surface area contributed by atoms with Crippen molar-refractivity contribution in [3.05, 3.63) is 30.1 Å². The van der Waals surface area contributed by atoms with Crippen LogP contribution in [-0.4, -0.2) is 18.8 Å². The predicted octanol–water partition coefficient (Wildman–Crippen LogP) is 3.52. The van der Waals surface area contributed by atoms with Crippen LogP contribution in [0, 0.1) is 0 Å². The van der Waals surface area contributed by atoms with Gasteiger partial charge in [0, 0.05) is 18.6 Å². The van der Waals surface area contributed by atoms with Gasteiger partial charge in [-0.15, -0.1) is 0 Å². The number of rotatable bonds is 20. The van der Waals surface area contributed by atoms with Crippen LogP contribution in [0.2, 0.25) is 0 Å². The molecule has 0 unspecified atom stereocenters. The molecule has 0 spiro atoms. The maximum atomic E-state index is 4.27. The molecule has 1 aromatic rings. The van der Waals surface area contributed by atoms with E-state index in [-0.39, 0.29) is 17.0 Å². The van der Waals surface area contributed by atoms with E-state index in [2.05, 4.69) is 54.0 Å². The van der Waals surface area contributed by atoms with E-state index in [1.165, 1.54) is 122 Å². The first-order chi connectivity index (χ1) is 13.9. The lowest BCUT2D eigenvalue weighted by molar-refractivity contribution is -0.697. The van der Waals surface area contributed by atoms with E-state index >= 15 is 0 Å². The number of unbranched alkanes of at least 4 members (excludes halogenated alkanes) is 11. The summed E-state index contributed by atoms with van der Waals surface area (Å²) in [6.45, 7) is 5.76. The Balaban J connectivity index is 0.00000784. The largest absolute Gasteiger partial charge is 1.00 e. The second-order valence-electron chi connectivity index (χ2n) is 8.26. The van der Waals surface area contributed by atoms with E-state index in [9.17, 15) is 0 Å². The number of thiol groups is 1. The lowest BCUT2D eigenvalue weighted by Gasteiger charge is -2.04. The van der Waals surface area contributed by atoms with E-state index in [0.717, 1.165) is 5.75 Å². The molecule has 29 heavy (non-hydrogen) atoms. The molecule has 1 heterocycles. The molecule has 0 aliphatic heterocycles. The Hall–Kier alpha value is -0.0600. The van der Waals surface area contributed by atoms with Gasteiger partial charge in [0.2, 0.25) is 0 Å². The van der Waals surface area contributed by atoms with Crippen LogP contribution in [0.3, 0.4) is 0 Å². The molecule has 2 nitrogen and oxygen atoms in total. The molecule has 4 heteroatoms. The quantitative estimate of drug-likeness (QED) is 0.163. The highest BCUT2D eigenvalue weighted by atomic mass is 79.9. The van der Waals surface area contributed by atoms with Crippen molar-refractivity contribution in [1.82, 2.24) is 5.32 Å². The highest BCUT2D eigenvalue weighted by Crippen LogP contribution is 2.10. The van der Waals surface area contributed by atoms with Gasteiger partial charge in [0.15, 0.2) is 12.4 Å². The third-order valence-electron chi connectivity index (χ3n) is 5.53. The fourth-order valence-corrected chi connectivity index (χ4v) is 3.91. The average Bonchev–Trinajstić information content (AvgIpc) is 2.72. The Morgan fingerprint density at radius 2 is 1.28 bits per heavy atom. The number of nitrogens with one attached hydrogen (secondary N) is 1. The van der Waals surface area contributed by atoms with Gasteiger partial charge in [0.25, 0.3) is 0 Å². The molecule has 0 saturated carbocycles. The molecule has 1 aromatic heterocycles. The van der Waals surface area contributed by atoms with Gasteiger partial charge in [-0.25, -0.2) is 4.57 Å². The van der Waals surface area contributed by atoms with Crippen LogP contribution < -0.4 is 26.9 Å². The summed E-state index contributed by atoms with van der Waals surface area (Å²) in [4.78, 5) is 0. The average molecular weight is 488 g/mol. The first-order valence-corrected chi connectivity index (χ1v) is 12.8. The van der Waals surface area contributed by atoms with Crippen molar-refractivity contribution in [3.63, 3.8) is 0 Å². The van der Waals surface area contributed by atoms with Crippen molar-refractivity contribution >= 4 is 12.6 Å². The molecule has 170 valence electrons. The van der Waals surface area contributed by atoms with Crippen LogP contribution in [0.25, 0.3) is 0 Å². The zero-order valence-electron chi connectivity index (χ0n) is 19.0. The minimum absolute atomic E-state index is 0. The Labute approximate surface area is 197 Å². The monoisotopic (exact) mass is 486 g/mol. The van der Waals surface area contributed by atoms with E-state index < -0.39 is 0 Å². The Bertz CT molecular complexity index is 439. The zero-order chi connectivity index (χ0) is 20.1. The number of pyridine rings is 1. The molecule has 1 rings (SSSR count). The van der Waals surface area contributed by atoms with Crippen molar-refractivity contribution in [2.24, 2.45) is 0 Å². The van der Waals surface area contributed by atoms with Crippen molar-refractivity contribution in [2.45, 2.75) is 110 Å². The van der Waals surface area contributed by atoms with E-state index in [0.29, 0.717) is 0 Å². The standard InChI is InChI=1S/C25H46N2S.BrH/c1-2-19-26-20-13-9-8-12-16-25-17-22-27(23-18-25)21-14-10-6-4-3-5-7-11-15-24-28;/h17-18,22-23,26H,2-16,19-21,24H2,1H3;1H. The number of hydrogen-bond acceptors (Lipinski definition) is 2. The zero-order valence-corrected chi connectivity index (χ0v) is 21.5. The number of halogens is 1. The minimum atomic E-state index is 0. The number of aryl methyl sites for hydroxylation is 2. The SMILES string of the molecule is CCCNCCCCCCc1cc[n+](CCCCCCCCCCCS)cc1.[Br-]. The van der Waals surface area contributed by atoms with Gasteiger partial charge in [-0.3, -0.25) is 0 Å². The van der Waals surface area contributed by atoms with Crippen LogP contribution in [0.4, 0.5) is 0 Å². The molecule has 0 amide bonds. The van der Waals surface area contributed by atoms with Gasteiger partial charge in [0.05, 0.1) is 0 Å². The summed E-state index contributed by atoms with van der Waals surface area (Å²) < 4.78 is 2.36. The van der Waals surface area contributed by atoms with E-state index in [4.69, 9.17) is 0 Å². The molecule has 0 fully saturated rings. The maximum absolute atomic E-state index is 4.27. The van der Waals surface area contributed by atoms with Gasteiger partial charge in [-0.1, -0.05) is 58.3 Å². The minimum Gasteiger partial charge on any atom is -1.00 e. The predicted molar refractivity (Wildman–Crippen MR) is 127 cm³/mol. The Morgan fingerprint density at radius 1 is 0.724 bits per heavy atom.